The van der Waals surface area contributed by atoms with E-state index in [1.165, 1.54) is 0 Å². The van der Waals surface area contributed by atoms with Gasteiger partial charge in [0.05, 0.1) is 18.8 Å². The van der Waals surface area contributed by atoms with Gasteiger partial charge in [-0.15, -0.1) is 0 Å². The van der Waals surface area contributed by atoms with Crippen LogP contribution < -0.4 is 10.1 Å². The van der Waals surface area contributed by atoms with Gasteiger partial charge in [0.15, 0.2) is 12.6 Å². The van der Waals surface area contributed by atoms with Gasteiger partial charge in [0.25, 0.3) is 5.91 Å². The topological polar surface area (TPSA) is 156 Å². The number of aliphatic carboxylic acids is 1. The molecule has 0 aromatic heterocycles. The maximum Gasteiger partial charge on any atom is 0.314 e. The molecule has 3 aliphatic rings. The largest absolute Gasteiger partial charge is 0.491 e. The molecule has 3 aromatic rings. The first-order chi connectivity index (χ1) is 28.3. The van der Waals surface area contributed by atoms with E-state index in [0.29, 0.717) is 54.9 Å². The summed E-state index contributed by atoms with van der Waals surface area (Å²) in [6, 6.07) is 24.8. The third-order valence-corrected chi connectivity index (χ3v) is 11.0. The number of para-hydroxylation sites is 1. The van der Waals surface area contributed by atoms with Gasteiger partial charge in [0.1, 0.15) is 35.9 Å². The molecule has 2 saturated heterocycles. The van der Waals surface area contributed by atoms with Crippen molar-refractivity contribution in [1.82, 2.24) is 0 Å². The van der Waals surface area contributed by atoms with E-state index in [9.17, 15) is 24.3 Å². The average molecular weight is 798 g/mol. The Morgan fingerprint density at radius 1 is 0.845 bits per heavy atom. The Kier molecular flexibility index (Phi) is 16.2. The van der Waals surface area contributed by atoms with E-state index in [2.05, 4.69) is 5.32 Å². The van der Waals surface area contributed by atoms with Gasteiger partial charge in [-0.05, 0) is 99.7 Å². The molecule has 58 heavy (non-hydrogen) atoms. The van der Waals surface area contributed by atoms with Crippen LogP contribution >= 0.6 is 0 Å². The number of nitrogens with one attached hydrogen (secondary N) is 1. The lowest BCUT2D eigenvalue weighted by Crippen LogP contribution is -2.40. The summed E-state index contributed by atoms with van der Waals surface area (Å²) in [5.74, 6) is -1.16. The summed E-state index contributed by atoms with van der Waals surface area (Å²) in [6.45, 7) is 1.62. The quantitative estimate of drug-likeness (QED) is 0.0816. The summed E-state index contributed by atoms with van der Waals surface area (Å²) < 4.78 is 37.2. The monoisotopic (exact) mass is 797 g/mol. The summed E-state index contributed by atoms with van der Waals surface area (Å²) in [7, 11) is 0. The number of Topliss-reactive ketones (excluding diaryl/α,β-unsaturated/α-hetero) is 1. The highest BCUT2D eigenvalue weighted by Crippen LogP contribution is 2.36. The zero-order valence-corrected chi connectivity index (χ0v) is 32.9. The van der Waals surface area contributed by atoms with Crippen molar-refractivity contribution >= 4 is 29.6 Å². The van der Waals surface area contributed by atoms with Crippen LogP contribution in [0.5, 0.6) is 5.75 Å². The first kappa shape index (κ1) is 42.9. The minimum Gasteiger partial charge on any atom is -0.491 e. The van der Waals surface area contributed by atoms with Crippen molar-refractivity contribution in [2.45, 2.75) is 107 Å². The number of rotatable bonds is 21. The molecule has 3 aromatic carbocycles. The summed E-state index contributed by atoms with van der Waals surface area (Å²) in [5.41, 5.74) is -0.0944. The summed E-state index contributed by atoms with van der Waals surface area (Å²) in [4.78, 5) is 51.0. The second kappa shape index (κ2) is 21.9. The lowest BCUT2D eigenvalue weighted by Gasteiger charge is -2.32. The standard InChI is InChI=1S/C46H55NO11/c48-27-26-46(45(51)52,34-21-23-35(24-22-34)47-44(50)33-14-4-1-5-15-33)25-11-3-8-18-38-39(49)30-40(58-42-20-10-13-29-54-42)43(38)56-32-37(57-41-19-9-12-28-53-41)31-55-36-16-6-2-7-17-36/h1-7,11,14-17,21-24,27,37-38,40-43H,8-10,12-13,18-20,25-26,28-32H2,(H,47,50)(H,51,52)/b11-3-/t37?,38-,40+,41?,42?,43?,46+/m0/s1. The number of carbonyl (C=O) groups is 4. The van der Waals surface area contributed by atoms with Crippen molar-refractivity contribution in [1.29, 1.82) is 0 Å². The van der Waals surface area contributed by atoms with Crippen LogP contribution in [0.2, 0.25) is 0 Å². The van der Waals surface area contributed by atoms with Crippen molar-refractivity contribution < 1.29 is 52.7 Å². The van der Waals surface area contributed by atoms with E-state index in [-0.39, 0.29) is 50.5 Å². The number of anilines is 1. The number of carboxylic acids is 1. The maximum atomic E-state index is 13.6. The third kappa shape index (κ3) is 11.9. The number of amides is 1. The van der Waals surface area contributed by atoms with Crippen LogP contribution in [0.15, 0.2) is 97.1 Å². The molecule has 2 heterocycles. The second-order valence-electron chi connectivity index (χ2n) is 15.1. The number of hydrogen-bond donors (Lipinski definition) is 2. The number of carboxylic acid groups (broad SMARTS) is 1. The highest BCUT2D eigenvalue weighted by atomic mass is 16.7. The van der Waals surface area contributed by atoms with Gasteiger partial charge in [0, 0.05) is 43.2 Å². The van der Waals surface area contributed by atoms with E-state index in [1.807, 2.05) is 42.5 Å². The van der Waals surface area contributed by atoms with Crippen LogP contribution in [0.25, 0.3) is 0 Å². The van der Waals surface area contributed by atoms with Gasteiger partial charge >= 0.3 is 5.97 Å². The van der Waals surface area contributed by atoms with Gasteiger partial charge < -0.3 is 43.6 Å². The summed E-state index contributed by atoms with van der Waals surface area (Å²) in [5, 5.41) is 13.3. The summed E-state index contributed by atoms with van der Waals surface area (Å²) in [6.07, 6.45) is 8.31. The second-order valence-corrected chi connectivity index (χ2v) is 15.1. The Hall–Kier alpha value is -4.72. The molecular weight excluding hydrogens is 743 g/mol. The fourth-order valence-electron chi connectivity index (χ4n) is 7.78. The molecule has 1 aliphatic carbocycles. The van der Waals surface area contributed by atoms with E-state index >= 15 is 0 Å². The molecule has 6 rings (SSSR count). The number of ether oxygens (including phenoxy) is 6. The molecule has 12 heteroatoms. The smallest absolute Gasteiger partial charge is 0.314 e. The van der Waals surface area contributed by atoms with Crippen LogP contribution in [0.4, 0.5) is 5.69 Å². The molecule has 1 saturated carbocycles. The van der Waals surface area contributed by atoms with E-state index in [1.54, 1.807) is 54.6 Å². The van der Waals surface area contributed by atoms with Crippen molar-refractivity contribution in [3.8, 4) is 5.75 Å². The molecular formula is C46H55NO11. The molecule has 310 valence electrons. The fourth-order valence-corrected chi connectivity index (χ4v) is 7.78. The van der Waals surface area contributed by atoms with Crippen molar-refractivity contribution in [3.05, 3.63) is 108 Å². The van der Waals surface area contributed by atoms with E-state index in [0.717, 1.165) is 38.5 Å². The predicted molar refractivity (Wildman–Crippen MR) is 216 cm³/mol. The molecule has 0 bridgehead atoms. The summed E-state index contributed by atoms with van der Waals surface area (Å²) >= 11 is 0. The predicted octanol–water partition coefficient (Wildman–Crippen LogP) is 7.45. The molecule has 4 unspecified atom stereocenters. The van der Waals surface area contributed by atoms with Gasteiger partial charge in [0.2, 0.25) is 0 Å². The van der Waals surface area contributed by atoms with E-state index < -0.39 is 41.9 Å². The zero-order chi connectivity index (χ0) is 40.6. The Bertz CT molecular complexity index is 1770. The Labute approximate surface area is 340 Å². The molecule has 12 nitrogen and oxygen atoms in total. The maximum absolute atomic E-state index is 13.6. The number of aldehydes is 1. The highest BCUT2D eigenvalue weighted by Gasteiger charge is 2.45. The van der Waals surface area contributed by atoms with Crippen LogP contribution in [-0.2, 0) is 43.5 Å². The van der Waals surface area contributed by atoms with Gasteiger partial charge in [-0.25, -0.2) is 0 Å². The fraction of sp³-hybridized carbons (Fsp3) is 0.478. The lowest BCUT2D eigenvalue weighted by molar-refractivity contribution is -0.226. The van der Waals surface area contributed by atoms with Crippen LogP contribution in [0.1, 0.15) is 86.6 Å². The van der Waals surface area contributed by atoms with Crippen LogP contribution in [0, 0.1) is 5.92 Å². The Morgan fingerprint density at radius 3 is 2.19 bits per heavy atom. The molecule has 3 fully saturated rings. The first-order valence-electron chi connectivity index (χ1n) is 20.5. The minimum atomic E-state index is -1.52. The van der Waals surface area contributed by atoms with Crippen molar-refractivity contribution in [3.63, 3.8) is 0 Å². The minimum absolute atomic E-state index is 0.0353. The third-order valence-electron chi connectivity index (χ3n) is 11.0. The number of ketones is 1. The van der Waals surface area contributed by atoms with Crippen molar-refractivity contribution in [2.24, 2.45) is 5.92 Å². The SMILES string of the molecule is O=CC[C@@](C/C=C\CC[C@H]1C(=O)C[C@@H](OC2CCCCO2)C1OCC(COc1ccccc1)OC1CCCCO1)(C(=O)O)c1ccc(NC(=O)c2ccccc2)cc1. The number of carbonyl (C=O) groups excluding carboxylic acids is 3. The van der Waals surface area contributed by atoms with Crippen molar-refractivity contribution in [2.75, 3.05) is 31.7 Å². The first-order valence-corrected chi connectivity index (χ1v) is 20.5. The molecule has 2 N–H and O–H groups in total. The van der Waals surface area contributed by atoms with Crippen LogP contribution in [-0.4, -0.2) is 86.4 Å². The van der Waals surface area contributed by atoms with Gasteiger partial charge in [-0.3, -0.25) is 14.4 Å². The normalized spacial score (nSPS) is 23.9. The van der Waals surface area contributed by atoms with Gasteiger partial charge in [-0.2, -0.15) is 0 Å². The van der Waals surface area contributed by atoms with Crippen LogP contribution in [0.3, 0.4) is 0 Å². The average Bonchev–Trinajstić information content (AvgIpc) is 3.55. The van der Waals surface area contributed by atoms with Gasteiger partial charge in [-0.1, -0.05) is 60.7 Å². The number of benzene rings is 3. The molecule has 2 aliphatic heterocycles. The number of allylic oxidation sites excluding steroid dienone is 2. The zero-order valence-electron chi connectivity index (χ0n) is 32.9. The number of hydrogen-bond acceptors (Lipinski definition) is 10. The molecule has 1 amide bonds. The molecule has 7 atom stereocenters. The lowest BCUT2D eigenvalue weighted by atomic mass is 9.75. The Morgan fingerprint density at radius 2 is 1.53 bits per heavy atom. The molecule has 0 spiro atoms. The Balaban J connectivity index is 1.11. The van der Waals surface area contributed by atoms with E-state index in [4.69, 9.17) is 28.4 Å². The molecule has 0 radical (unpaired) electrons. The highest BCUT2D eigenvalue weighted by molar-refractivity contribution is 6.04.